The van der Waals surface area contributed by atoms with E-state index in [-0.39, 0.29) is 5.91 Å². The van der Waals surface area contributed by atoms with Crippen molar-refractivity contribution in [1.82, 2.24) is 5.43 Å². The van der Waals surface area contributed by atoms with Gasteiger partial charge < -0.3 is 0 Å². The van der Waals surface area contributed by atoms with Gasteiger partial charge in [0.1, 0.15) is 0 Å². The topological polar surface area (TPSA) is 41.5 Å². The SMILES string of the molecule is CC(C)c1ccc(/C=N\NC(=O)Cc2cccc3ccccc23)cc1. The Morgan fingerprint density at radius 3 is 2.48 bits per heavy atom. The number of benzene rings is 3. The van der Waals surface area contributed by atoms with Crippen LogP contribution in [0, 0.1) is 0 Å². The average Bonchev–Trinajstić information content (AvgIpc) is 2.62. The summed E-state index contributed by atoms with van der Waals surface area (Å²) in [5.41, 5.74) is 5.88. The van der Waals surface area contributed by atoms with Crippen molar-refractivity contribution in [3.8, 4) is 0 Å². The lowest BCUT2D eigenvalue weighted by atomic mass is 10.0. The first-order valence-corrected chi connectivity index (χ1v) is 8.52. The molecule has 0 aliphatic rings. The molecule has 25 heavy (non-hydrogen) atoms. The Bertz CT molecular complexity index is 890. The van der Waals surface area contributed by atoms with Crippen LogP contribution in [0.25, 0.3) is 10.8 Å². The number of rotatable bonds is 5. The van der Waals surface area contributed by atoms with E-state index in [9.17, 15) is 4.79 Å². The molecule has 3 nitrogen and oxygen atoms in total. The Morgan fingerprint density at radius 2 is 1.72 bits per heavy atom. The van der Waals surface area contributed by atoms with Gasteiger partial charge in [-0.15, -0.1) is 0 Å². The van der Waals surface area contributed by atoms with Crippen LogP contribution < -0.4 is 5.43 Å². The van der Waals surface area contributed by atoms with Gasteiger partial charge >= 0.3 is 0 Å². The molecule has 3 aromatic rings. The molecule has 3 aromatic carbocycles. The van der Waals surface area contributed by atoms with Crippen molar-refractivity contribution in [2.75, 3.05) is 0 Å². The third kappa shape index (κ3) is 4.32. The maximum Gasteiger partial charge on any atom is 0.244 e. The van der Waals surface area contributed by atoms with Gasteiger partial charge in [0.15, 0.2) is 0 Å². The lowest BCUT2D eigenvalue weighted by Crippen LogP contribution is -2.19. The molecule has 0 aliphatic carbocycles. The summed E-state index contributed by atoms with van der Waals surface area (Å²) in [5, 5.41) is 6.31. The van der Waals surface area contributed by atoms with Crippen LogP contribution in [0.2, 0.25) is 0 Å². The summed E-state index contributed by atoms with van der Waals surface area (Å²) >= 11 is 0. The second-order valence-electron chi connectivity index (χ2n) is 6.43. The van der Waals surface area contributed by atoms with Crippen molar-refractivity contribution < 1.29 is 4.79 Å². The summed E-state index contributed by atoms with van der Waals surface area (Å²) in [6.45, 7) is 4.33. The zero-order chi connectivity index (χ0) is 17.6. The Kier molecular flexibility index (Phi) is 5.24. The normalized spacial score (nSPS) is 11.3. The number of hydrogen-bond donors (Lipinski definition) is 1. The predicted octanol–water partition coefficient (Wildman–Crippen LogP) is 4.66. The molecule has 0 aromatic heterocycles. The molecular weight excluding hydrogens is 308 g/mol. The molecule has 0 fully saturated rings. The molecule has 0 unspecified atom stereocenters. The second-order valence-corrected chi connectivity index (χ2v) is 6.43. The minimum absolute atomic E-state index is 0.119. The molecule has 0 atom stereocenters. The van der Waals surface area contributed by atoms with Crippen LogP contribution in [-0.2, 0) is 11.2 Å². The van der Waals surface area contributed by atoms with E-state index in [0.29, 0.717) is 12.3 Å². The zero-order valence-corrected chi connectivity index (χ0v) is 14.6. The lowest BCUT2D eigenvalue weighted by molar-refractivity contribution is -0.120. The number of nitrogens with one attached hydrogen (secondary N) is 1. The molecule has 0 saturated carbocycles. The van der Waals surface area contributed by atoms with E-state index in [2.05, 4.69) is 48.6 Å². The van der Waals surface area contributed by atoms with Crippen molar-refractivity contribution in [1.29, 1.82) is 0 Å². The minimum Gasteiger partial charge on any atom is -0.273 e. The molecule has 3 heteroatoms. The van der Waals surface area contributed by atoms with Crippen molar-refractivity contribution in [3.05, 3.63) is 83.4 Å². The fraction of sp³-hybridized carbons (Fsp3) is 0.182. The second kappa shape index (κ2) is 7.75. The number of amides is 1. The van der Waals surface area contributed by atoms with Gasteiger partial charge in [0, 0.05) is 0 Å². The van der Waals surface area contributed by atoms with Crippen molar-refractivity contribution >= 4 is 22.9 Å². The summed E-state index contributed by atoms with van der Waals surface area (Å²) in [6, 6.07) is 22.3. The van der Waals surface area contributed by atoms with E-state index in [1.807, 2.05) is 42.5 Å². The lowest BCUT2D eigenvalue weighted by Gasteiger charge is -2.06. The van der Waals surface area contributed by atoms with E-state index in [0.717, 1.165) is 21.9 Å². The quantitative estimate of drug-likeness (QED) is 0.537. The standard InChI is InChI=1S/C22H22N2O/c1-16(2)18-12-10-17(11-13-18)15-23-24-22(25)14-20-8-5-7-19-6-3-4-9-21(19)20/h3-13,15-16H,14H2,1-2H3,(H,24,25)/b23-15-. The molecule has 1 N–H and O–H groups in total. The van der Waals surface area contributed by atoms with E-state index >= 15 is 0 Å². The molecule has 0 spiro atoms. The van der Waals surface area contributed by atoms with Gasteiger partial charge in [0.25, 0.3) is 0 Å². The molecule has 0 radical (unpaired) electrons. The first kappa shape index (κ1) is 16.9. The number of nitrogens with zero attached hydrogens (tertiary/aromatic N) is 1. The van der Waals surface area contributed by atoms with Crippen LogP contribution in [0.15, 0.2) is 71.8 Å². The fourth-order valence-electron chi connectivity index (χ4n) is 2.80. The average molecular weight is 330 g/mol. The third-order valence-corrected chi connectivity index (χ3v) is 4.24. The Morgan fingerprint density at radius 1 is 1.00 bits per heavy atom. The largest absolute Gasteiger partial charge is 0.273 e. The van der Waals surface area contributed by atoms with Crippen molar-refractivity contribution in [2.24, 2.45) is 5.10 Å². The Labute approximate surface area is 148 Å². The van der Waals surface area contributed by atoms with Gasteiger partial charge in [0.05, 0.1) is 12.6 Å². The van der Waals surface area contributed by atoms with Gasteiger partial charge in [-0.2, -0.15) is 5.10 Å². The highest BCUT2D eigenvalue weighted by atomic mass is 16.2. The highest BCUT2D eigenvalue weighted by Crippen LogP contribution is 2.18. The minimum atomic E-state index is -0.119. The Hall–Kier alpha value is -2.94. The number of carbonyl (C=O) groups is 1. The maximum atomic E-state index is 12.2. The van der Waals surface area contributed by atoms with Crippen molar-refractivity contribution in [3.63, 3.8) is 0 Å². The van der Waals surface area contributed by atoms with E-state index in [1.54, 1.807) is 6.21 Å². The summed E-state index contributed by atoms with van der Waals surface area (Å²) in [6.07, 6.45) is 1.98. The summed E-state index contributed by atoms with van der Waals surface area (Å²) in [5.74, 6) is 0.387. The zero-order valence-electron chi connectivity index (χ0n) is 14.6. The van der Waals surface area contributed by atoms with Crippen LogP contribution in [0.1, 0.15) is 36.5 Å². The van der Waals surface area contributed by atoms with Crippen LogP contribution in [-0.4, -0.2) is 12.1 Å². The first-order valence-electron chi connectivity index (χ1n) is 8.52. The van der Waals surface area contributed by atoms with Gasteiger partial charge in [0.2, 0.25) is 5.91 Å². The smallest absolute Gasteiger partial charge is 0.244 e. The van der Waals surface area contributed by atoms with Gasteiger partial charge in [-0.25, -0.2) is 5.43 Å². The summed E-state index contributed by atoms with van der Waals surface area (Å²) in [7, 11) is 0. The third-order valence-electron chi connectivity index (χ3n) is 4.24. The molecule has 0 heterocycles. The van der Waals surface area contributed by atoms with Crippen LogP contribution in [0.4, 0.5) is 0 Å². The van der Waals surface area contributed by atoms with Crippen molar-refractivity contribution in [2.45, 2.75) is 26.2 Å². The summed E-state index contributed by atoms with van der Waals surface area (Å²) < 4.78 is 0. The molecule has 0 saturated heterocycles. The Balaban J connectivity index is 1.62. The van der Waals surface area contributed by atoms with E-state index in [1.165, 1.54) is 5.56 Å². The number of hydrogen-bond acceptors (Lipinski definition) is 2. The molecule has 3 rings (SSSR count). The summed E-state index contributed by atoms with van der Waals surface area (Å²) in [4.78, 5) is 12.2. The number of hydrazone groups is 1. The van der Waals surface area contributed by atoms with Gasteiger partial charge in [-0.05, 0) is 33.4 Å². The van der Waals surface area contributed by atoms with Crippen LogP contribution in [0.3, 0.4) is 0 Å². The molecule has 0 bridgehead atoms. The molecule has 0 aliphatic heterocycles. The first-order chi connectivity index (χ1) is 12.1. The van der Waals surface area contributed by atoms with E-state index in [4.69, 9.17) is 0 Å². The van der Waals surface area contributed by atoms with Crippen LogP contribution >= 0.6 is 0 Å². The molecule has 126 valence electrons. The predicted molar refractivity (Wildman–Crippen MR) is 104 cm³/mol. The number of fused-ring (bicyclic) bond motifs is 1. The molecular formula is C22H22N2O. The van der Waals surface area contributed by atoms with Gasteiger partial charge in [-0.1, -0.05) is 80.6 Å². The fourth-order valence-corrected chi connectivity index (χ4v) is 2.80. The monoisotopic (exact) mass is 330 g/mol. The molecule has 1 amide bonds. The highest BCUT2D eigenvalue weighted by Gasteiger charge is 2.05. The highest BCUT2D eigenvalue weighted by molar-refractivity contribution is 5.90. The van der Waals surface area contributed by atoms with E-state index < -0.39 is 0 Å². The van der Waals surface area contributed by atoms with Gasteiger partial charge in [-0.3, -0.25) is 4.79 Å². The maximum absolute atomic E-state index is 12.2. The van der Waals surface area contributed by atoms with Crippen LogP contribution in [0.5, 0.6) is 0 Å². The number of carbonyl (C=O) groups excluding carboxylic acids is 1.